The Balaban J connectivity index is 1.88. The van der Waals surface area contributed by atoms with Crippen LogP contribution in [0.4, 0.5) is 0 Å². The second kappa shape index (κ2) is 4.73. The van der Waals surface area contributed by atoms with Gasteiger partial charge in [-0.25, -0.2) is 0 Å². The molecule has 7 heteroatoms. The highest BCUT2D eigenvalue weighted by Crippen LogP contribution is 2.00. The third kappa shape index (κ3) is 2.56. The van der Waals surface area contributed by atoms with Gasteiger partial charge >= 0.3 is 0 Å². The van der Waals surface area contributed by atoms with Gasteiger partial charge in [-0.3, -0.25) is 9.59 Å². The van der Waals surface area contributed by atoms with Gasteiger partial charge in [0, 0.05) is 25.9 Å². The summed E-state index contributed by atoms with van der Waals surface area (Å²) in [6.45, 7) is 1.03. The fourth-order valence-corrected chi connectivity index (χ4v) is 1.51. The maximum atomic E-state index is 11.6. The Morgan fingerprint density at radius 1 is 1.50 bits per heavy atom. The van der Waals surface area contributed by atoms with Gasteiger partial charge in [-0.15, -0.1) is 0 Å². The van der Waals surface area contributed by atoms with E-state index in [2.05, 4.69) is 20.0 Å². The summed E-state index contributed by atoms with van der Waals surface area (Å²) >= 11 is 0. The van der Waals surface area contributed by atoms with Crippen LogP contribution in [-0.2, 0) is 16.0 Å². The lowest BCUT2D eigenvalue weighted by atomic mass is 10.3. The molecule has 16 heavy (non-hydrogen) atoms. The zero-order chi connectivity index (χ0) is 11.4. The number of nitrogens with one attached hydrogen (secondary N) is 1. The van der Waals surface area contributed by atoms with E-state index in [1.807, 2.05) is 0 Å². The number of carbonyl (C=O) groups is 2. The predicted molar refractivity (Wildman–Crippen MR) is 52.2 cm³/mol. The van der Waals surface area contributed by atoms with Gasteiger partial charge in [0.25, 0.3) is 0 Å². The molecule has 1 aliphatic heterocycles. The van der Waals surface area contributed by atoms with Gasteiger partial charge in [0.05, 0.1) is 6.54 Å². The van der Waals surface area contributed by atoms with Crippen LogP contribution in [-0.4, -0.2) is 46.5 Å². The maximum Gasteiger partial charge on any atom is 0.241 e. The van der Waals surface area contributed by atoms with Crippen molar-refractivity contribution in [2.24, 2.45) is 0 Å². The number of aromatic nitrogens is 2. The van der Waals surface area contributed by atoms with Crippen molar-refractivity contribution in [3.8, 4) is 0 Å². The SMILES string of the molecule is O=C1CCN(CCc2ncon2)C(=O)CN1. The van der Waals surface area contributed by atoms with Gasteiger partial charge in [0.15, 0.2) is 5.82 Å². The van der Waals surface area contributed by atoms with Crippen LogP contribution in [0.15, 0.2) is 10.9 Å². The molecule has 0 bridgehead atoms. The summed E-state index contributed by atoms with van der Waals surface area (Å²) in [5, 5.41) is 6.19. The molecule has 1 aromatic heterocycles. The number of amides is 2. The van der Waals surface area contributed by atoms with Crippen molar-refractivity contribution in [2.45, 2.75) is 12.8 Å². The zero-order valence-electron chi connectivity index (χ0n) is 8.68. The normalized spacial score (nSPS) is 17.1. The zero-order valence-corrected chi connectivity index (χ0v) is 8.68. The van der Waals surface area contributed by atoms with Crippen molar-refractivity contribution >= 4 is 11.8 Å². The van der Waals surface area contributed by atoms with Crippen molar-refractivity contribution in [3.05, 3.63) is 12.2 Å². The summed E-state index contributed by atoms with van der Waals surface area (Å²) in [5.74, 6) is 0.404. The van der Waals surface area contributed by atoms with E-state index in [0.29, 0.717) is 31.8 Å². The molecule has 0 radical (unpaired) electrons. The molecule has 0 spiro atoms. The fraction of sp³-hybridized carbons (Fsp3) is 0.556. The van der Waals surface area contributed by atoms with Crippen molar-refractivity contribution in [1.82, 2.24) is 20.4 Å². The Morgan fingerprint density at radius 3 is 3.12 bits per heavy atom. The van der Waals surface area contributed by atoms with Crippen LogP contribution in [0.1, 0.15) is 12.2 Å². The molecule has 0 atom stereocenters. The summed E-state index contributed by atoms with van der Waals surface area (Å²) in [5.41, 5.74) is 0. The molecule has 1 fully saturated rings. The molecule has 0 saturated carbocycles. The second-order valence-corrected chi connectivity index (χ2v) is 3.50. The van der Waals surface area contributed by atoms with Crippen molar-refractivity contribution in [1.29, 1.82) is 0 Å². The van der Waals surface area contributed by atoms with Crippen LogP contribution in [0.2, 0.25) is 0 Å². The van der Waals surface area contributed by atoms with E-state index in [1.165, 1.54) is 6.39 Å². The maximum absolute atomic E-state index is 11.6. The molecular formula is C9H12N4O3. The van der Waals surface area contributed by atoms with Crippen LogP contribution >= 0.6 is 0 Å². The average Bonchev–Trinajstić information content (AvgIpc) is 2.73. The van der Waals surface area contributed by atoms with Crippen LogP contribution < -0.4 is 5.32 Å². The minimum Gasteiger partial charge on any atom is -0.347 e. The van der Waals surface area contributed by atoms with E-state index in [4.69, 9.17) is 0 Å². The van der Waals surface area contributed by atoms with Crippen LogP contribution in [0.25, 0.3) is 0 Å². The van der Waals surface area contributed by atoms with E-state index in [1.54, 1.807) is 4.90 Å². The highest BCUT2D eigenvalue weighted by molar-refractivity contribution is 5.87. The molecule has 1 N–H and O–H groups in total. The Bertz CT molecular complexity index is 376. The van der Waals surface area contributed by atoms with Crippen LogP contribution in [0, 0.1) is 0 Å². The molecule has 2 heterocycles. The van der Waals surface area contributed by atoms with Crippen molar-refractivity contribution in [3.63, 3.8) is 0 Å². The third-order valence-corrected chi connectivity index (χ3v) is 2.41. The van der Waals surface area contributed by atoms with Gasteiger partial charge in [-0.1, -0.05) is 5.16 Å². The average molecular weight is 224 g/mol. The lowest BCUT2D eigenvalue weighted by Crippen LogP contribution is -2.36. The summed E-state index contributed by atoms with van der Waals surface area (Å²) in [4.78, 5) is 28.1. The Hall–Kier alpha value is -1.92. The van der Waals surface area contributed by atoms with Crippen LogP contribution in [0.3, 0.4) is 0 Å². The van der Waals surface area contributed by atoms with Crippen molar-refractivity contribution < 1.29 is 14.1 Å². The van der Waals surface area contributed by atoms with E-state index < -0.39 is 0 Å². The molecule has 1 aromatic rings. The molecule has 86 valence electrons. The first-order valence-electron chi connectivity index (χ1n) is 5.05. The first-order chi connectivity index (χ1) is 7.75. The van der Waals surface area contributed by atoms with Gasteiger partial charge in [0.1, 0.15) is 0 Å². The second-order valence-electron chi connectivity index (χ2n) is 3.50. The Kier molecular flexibility index (Phi) is 3.13. The van der Waals surface area contributed by atoms with E-state index in [0.717, 1.165) is 0 Å². The van der Waals surface area contributed by atoms with E-state index >= 15 is 0 Å². The Labute approximate surface area is 91.8 Å². The molecular weight excluding hydrogens is 212 g/mol. The quantitative estimate of drug-likeness (QED) is 0.708. The number of hydrogen-bond donors (Lipinski definition) is 1. The topological polar surface area (TPSA) is 88.3 Å². The summed E-state index contributed by atoms with van der Waals surface area (Å²) in [6, 6.07) is 0. The first-order valence-corrected chi connectivity index (χ1v) is 5.05. The highest BCUT2D eigenvalue weighted by atomic mass is 16.5. The van der Waals surface area contributed by atoms with Gasteiger partial charge in [-0.05, 0) is 0 Å². The monoisotopic (exact) mass is 224 g/mol. The lowest BCUT2D eigenvalue weighted by Gasteiger charge is -2.18. The predicted octanol–water partition coefficient (Wildman–Crippen LogP) is -1.04. The number of hydrogen-bond acceptors (Lipinski definition) is 5. The summed E-state index contributed by atoms with van der Waals surface area (Å²) < 4.78 is 4.59. The first kappa shape index (κ1) is 10.6. The molecule has 2 amide bonds. The molecule has 0 unspecified atom stereocenters. The Morgan fingerprint density at radius 2 is 2.38 bits per heavy atom. The number of nitrogens with zero attached hydrogens (tertiary/aromatic N) is 3. The molecule has 2 rings (SSSR count). The van der Waals surface area contributed by atoms with Crippen molar-refractivity contribution in [2.75, 3.05) is 19.6 Å². The molecule has 0 aromatic carbocycles. The standard InChI is InChI=1S/C9H12N4O3/c14-8-2-4-13(9(15)5-10-8)3-1-7-11-6-16-12-7/h6H,1-5H2,(H,10,14). The molecule has 0 aliphatic carbocycles. The largest absolute Gasteiger partial charge is 0.347 e. The van der Waals surface area contributed by atoms with Gasteiger partial charge in [0.2, 0.25) is 18.2 Å². The molecule has 1 aliphatic rings. The minimum atomic E-state index is -0.0876. The summed E-state index contributed by atoms with van der Waals surface area (Å²) in [7, 11) is 0. The minimum absolute atomic E-state index is 0.0745. The van der Waals surface area contributed by atoms with E-state index in [9.17, 15) is 9.59 Å². The summed E-state index contributed by atoms with van der Waals surface area (Å²) in [6.07, 6.45) is 2.14. The van der Waals surface area contributed by atoms with Gasteiger partial charge in [-0.2, -0.15) is 4.98 Å². The highest BCUT2D eigenvalue weighted by Gasteiger charge is 2.19. The lowest BCUT2D eigenvalue weighted by molar-refractivity contribution is -0.130. The third-order valence-electron chi connectivity index (χ3n) is 2.41. The van der Waals surface area contributed by atoms with Crippen LogP contribution in [0.5, 0.6) is 0 Å². The molecule has 1 saturated heterocycles. The molecule has 7 nitrogen and oxygen atoms in total. The smallest absolute Gasteiger partial charge is 0.241 e. The number of rotatable bonds is 3. The number of carbonyl (C=O) groups excluding carboxylic acids is 2. The fourth-order valence-electron chi connectivity index (χ4n) is 1.51. The van der Waals surface area contributed by atoms with E-state index in [-0.39, 0.29) is 18.4 Å². The van der Waals surface area contributed by atoms with Gasteiger partial charge < -0.3 is 14.7 Å².